The molecule has 1 atom stereocenters. The SMILES string of the molecule is CC1=CCC(C(=O)N(c2cc(C#CC(C)(C)C)sc2C(=O)O)C2CCC(O)CC2)CC1. The summed E-state index contributed by atoms with van der Waals surface area (Å²) in [6.45, 7) is 8.11. The van der Waals surface area contributed by atoms with E-state index in [9.17, 15) is 19.8 Å². The molecule has 0 aliphatic heterocycles. The van der Waals surface area contributed by atoms with Crippen molar-refractivity contribution in [2.24, 2.45) is 11.3 Å². The number of carboxylic acid groups (broad SMARTS) is 1. The molecule has 3 rings (SSSR count). The van der Waals surface area contributed by atoms with E-state index in [1.165, 1.54) is 5.57 Å². The van der Waals surface area contributed by atoms with Crippen molar-refractivity contribution in [2.45, 2.75) is 84.8 Å². The minimum absolute atomic E-state index is 0.000713. The lowest BCUT2D eigenvalue weighted by atomic mass is 9.86. The Hall–Kier alpha value is -2.10. The molecule has 2 N–H and O–H groups in total. The highest BCUT2D eigenvalue weighted by Crippen LogP contribution is 2.38. The van der Waals surface area contributed by atoms with Crippen molar-refractivity contribution in [2.75, 3.05) is 4.90 Å². The van der Waals surface area contributed by atoms with Crippen LogP contribution < -0.4 is 4.90 Å². The molecular formula is C25H33NO4S. The second kappa shape index (κ2) is 9.58. The van der Waals surface area contributed by atoms with Crippen LogP contribution in [0.4, 0.5) is 5.69 Å². The van der Waals surface area contributed by atoms with Gasteiger partial charge >= 0.3 is 5.97 Å². The van der Waals surface area contributed by atoms with Crippen LogP contribution in [0.2, 0.25) is 0 Å². The topological polar surface area (TPSA) is 77.8 Å². The van der Waals surface area contributed by atoms with Crippen molar-refractivity contribution in [1.82, 2.24) is 0 Å². The number of carbonyl (C=O) groups excluding carboxylic acids is 1. The maximum Gasteiger partial charge on any atom is 0.348 e. The van der Waals surface area contributed by atoms with Gasteiger partial charge in [0, 0.05) is 17.4 Å². The molecule has 0 radical (unpaired) electrons. The number of hydrogen-bond donors (Lipinski definition) is 2. The van der Waals surface area contributed by atoms with E-state index in [0.29, 0.717) is 42.7 Å². The first-order valence-corrected chi connectivity index (χ1v) is 11.9. The van der Waals surface area contributed by atoms with Crippen LogP contribution in [0.15, 0.2) is 17.7 Å². The molecule has 2 aliphatic carbocycles. The second-order valence-corrected chi connectivity index (χ2v) is 10.9. The number of aliphatic hydroxyl groups is 1. The molecule has 1 heterocycles. The summed E-state index contributed by atoms with van der Waals surface area (Å²) in [6, 6.07) is 1.68. The molecule has 1 amide bonds. The highest BCUT2D eigenvalue weighted by Gasteiger charge is 2.36. The Bertz CT molecular complexity index is 920. The standard InChI is InChI=1S/C25H33NO4S/c1-16-5-7-17(8-6-16)23(28)26(18-9-11-19(27)12-10-18)21-15-20(13-14-25(2,3)4)31-22(21)24(29)30/h5,15,17-19,27H,6-12H2,1-4H3,(H,29,30). The summed E-state index contributed by atoms with van der Waals surface area (Å²) >= 11 is 1.14. The Kier molecular flexibility index (Phi) is 7.28. The van der Waals surface area contributed by atoms with Gasteiger partial charge in [0.2, 0.25) is 5.91 Å². The number of amides is 1. The summed E-state index contributed by atoms with van der Waals surface area (Å²) in [6.07, 6.45) is 6.76. The van der Waals surface area contributed by atoms with E-state index in [2.05, 4.69) is 24.8 Å². The average Bonchev–Trinajstić information content (AvgIpc) is 3.12. The molecule has 1 aromatic rings. The first-order valence-electron chi connectivity index (χ1n) is 11.1. The molecule has 168 valence electrons. The molecule has 0 aromatic carbocycles. The average molecular weight is 444 g/mol. The number of allylic oxidation sites excluding steroid dienone is 2. The zero-order valence-corrected chi connectivity index (χ0v) is 19.7. The van der Waals surface area contributed by atoms with Crippen molar-refractivity contribution >= 4 is 28.9 Å². The van der Waals surface area contributed by atoms with Crippen molar-refractivity contribution in [3.8, 4) is 11.8 Å². The van der Waals surface area contributed by atoms with E-state index < -0.39 is 5.97 Å². The fourth-order valence-electron chi connectivity index (χ4n) is 4.22. The number of thiophene rings is 1. The van der Waals surface area contributed by atoms with Gasteiger partial charge in [-0.05, 0) is 78.7 Å². The van der Waals surface area contributed by atoms with Gasteiger partial charge in [0.05, 0.1) is 16.7 Å². The van der Waals surface area contributed by atoms with E-state index in [0.717, 1.165) is 24.2 Å². The van der Waals surface area contributed by atoms with Crippen LogP contribution in [-0.4, -0.2) is 34.2 Å². The van der Waals surface area contributed by atoms with E-state index in [1.54, 1.807) is 11.0 Å². The Labute approximate surface area is 189 Å². The summed E-state index contributed by atoms with van der Waals surface area (Å²) in [5.41, 5.74) is 1.57. The quantitative estimate of drug-likeness (QED) is 0.494. The van der Waals surface area contributed by atoms with Gasteiger partial charge < -0.3 is 15.1 Å². The molecule has 6 heteroatoms. The summed E-state index contributed by atoms with van der Waals surface area (Å²) in [4.78, 5) is 28.4. The van der Waals surface area contributed by atoms with Gasteiger partial charge in [-0.3, -0.25) is 4.79 Å². The van der Waals surface area contributed by atoms with Crippen molar-refractivity contribution < 1.29 is 19.8 Å². The molecule has 2 aliphatic rings. The zero-order chi connectivity index (χ0) is 22.8. The monoisotopic (exact) mass is 443 g/mol. The third kappa shape index (κ3) is 5.99. The van der Waals surface area contributed by atoms with E-state index in [-0.39, 0.29) is 34.3 Å². The van der Waals surface area contributed by atoms with Gasteiger partial charge in [0.25, 0.3) is 0 Å². The van der Waals surface area contributed by atoms with Gasteiger partial charge in [0.15, 0.2) is 0 Å². The van der Waals surface area contributed by atoms with Crippen LogP contribution in [0.3, 0.4) is 0 Å². The predicted molar refractivity (Wildman–Crippen MR) is 124 cm³/mol. The van der Waals surface area contributed by atoms with E-state index in [1.807, 2.05) is 20.8 Å². The largest absolute Gasteiger partial charge is 0.477 e. The van der Waals surface area contributed by atoms with Crippen molar-refractivity contribution in [3.63, 3.8) is 0 Å². The first-order chi connectivity index (χ1) is 14.5. The minimum Gasteiger partial charge on any atom is -0.477 e. The van der Waals surface area contributed by atoms with Crippen LogP contribution in [0.1, 0.15) is 87.2 Å². The fraction of sp³-hybridized carbons (Fsp3) is 0.600. The number of hydrogen-bond acceptors (Lipinski definition) is 4. The summed E-state index contributed by atoms with van der Waals surface area (Å²) in [7, 11) is 0. The van der Waals surface area contributed by atoms with Gasteiger partial charge in [0.1, 0.15) is 4.88 Å². The van der Waals surface area contributed by atoms with Crippen LogP contribution in [0.25, 0.3) is 0 Å². The number of nitrogens with zero attached hydrogens (tertiary/aromatic N) is 1. The Morgan fingerprint density at radius 1 is 1.16 bits per heavy atom. The molecule has 5 nitrogen and oxygen atoms in total. The zero-order valence-electron chi connectivity index (χ0n) is 18.9. The third-order valence-corrected chi connectivity index (χ3v) is 7.01. The molecule has 0 bridgehead atoms. The Balaban J connectivity index is 2.01. The highest BCUT2D eigenvalue weighted by atomic mass is 32.1. The summed E-state index contributed by atoms with van der Waals surface area (Å²) < 4.78 is 0. The lowest BCUT2D eigenvalue weighted by Gasteiger charge is -2.38. The number of aromatic carboxylic acids is 1. The Morgan fingerprint density at radius 3 is 2.39 bits per heavy atom. The van der Waals surface area contributed by atoms with Gasteiger partial charge in [-0.2, -0.15) is 0 Å². The maximum atomic E-state index is 13.7. The van der Waals surface area contributed by atoms with Gasteiger partial charge in [-0.1, -0.05) is 23.5 Å². The smallest absolute Gasteiger partial charge is 0.348 e. The summed E-state index contributed by atoms with van der Waals surface area (Å²) in [5, 5.41) is 19.9. The second-order valence-electron chi connectivity index (χ2n) is 9.82. The molecule has 31 heavy (non-hydrogen) atoms. The molecule has 1 fully saturated rings. The summed E-state index contributed by atoms with van der Waals surface area (Å²) in [5.74, 6) is 5.10. The molecular weight excluding hydrogens is 410 g/mol. The number of aliphatic hydroxyl groups excluding tert-OH is 1. The molecule has 1 saturated carbocycles. The Morgan fingerprint density at radius 2 is 1.84 bits per heavy atom. The van der Waals surface area contributed by atoms with Gasteiger partial charge in [-0.25, -0.2) is 4.79 Å². The van der Waals surface area contributed by atoms with Crippen LogP contribution in [-0.2, 0) is 4.79 Å². The van der Waals surface area contributed by atoms with E-state index >= 15 is 0 Å². The first kappa shape index (κ1) is 23.6. The van der Waals surface area contributed by atoms with E-state index in [4.69, 9.17) is 0 Å². The third-order valence-electron chi connectivity index (χ3n) is 5.98. The molecule has 0 spiro atoms. The number of carboxylic acids is 1. The van der Waals surface area contributed by atoms with Crippen LogP contribution in [0, 0.1) is 23.2 Å². The fourth-order valence-corrected chi connectivity index (χ4v) is 5.06. The lowest BCUT2D eigenvalue weighted by molar-refractivity contribution is -0.123. The predicted octanol–water partition coefficient (Wildman–Crippen LogP) is 5.23. The van der Waals surface area contributed by atoms with Crippen molar-refractivity contribution in [1.29, 1.82) is 0 Å². The lowest BCUT2D eigenvalue weighted by Crippen LogP contribution is -2.46. The maximum absolute atomic E-state index is 13.7. The minimum atomic E-state index is -1.03. The molecule has 0 saturated heterocycles. The van der Waals surface area contributed by atoms with Crippen molar-refractivity contribution in [3.05, 3.63) is 27.5 Å². The number of rotatable bonds is 4. The number of carbonyl (C=O) groups is 2. The number of anilines is 1. The van der Waals surface area contributed by atoms with Crippen LogP contribution in [0.5, 0.6) is 0 Å². The molecule has 1 unspecified atom stereocenters. The van der Waals surface area contributed by atoms with Gasteiger partial charge in [-0.15, -0.1) is 11.3 Å². The molecule has 1 aromatic heterocycles. The van der Waals surface area contributed by atoms with Crippen LogP contribution >= 0.6 is 11.3 Å². The normalized spacial score (nSPS) is 24.0. The highest BCUT2D eigenvalue weighted by molar-refractivity contribution is 7.15.